The summed E-state index contributed by atoms with van der Waals surface area (Å²) in [6.07, 6.45) is 0.0976. The molecule has 4 aliphatic heterocycles. The van der Waals surface area contributed by atoms with E-state index in [0.717, 1.165) is 5.57 Å². The maximum atomic E-state index is 12.4. The van der Waals surface area contributed by atoms with E-state index < -0.39 is 47.6 Å². The minimum absolute atomic E-state index is 0.275. The monoisotopic (exact) mass is 390 g/mol. The first-order valence-corrected chi connectivity index (χ1v) is 9.57. The molecule has 0 aliphatic carbocycles. The van der Waals surface area contributed by atoms with Crippen LogP contribution < -0.4 is 0 Å². The Hall–Kier alpha value is -1.96. The second kappa shape index (κ2) is 6.27. The molecule has 4 aliphatic rings. The van der Waals surface area contributed by atoms with Crippen molar-refractivity contribution in [2.75, 3.05) is 6.61 Å². The summed E-state index contributed by atoms with van der Waals surface area (Å²) >= 11 is 0. The van der Waals surface area contributed by atoms with E-state index >= 15 is 0 Å². The number of epoxide rings is 1. The van der Waals surface area contributed by atoms with Gasteiger partial charge < -0.3 is 23.7 Å². The van der Waals surface area contributed by atoms with Crippen molar-refractivity contribution in [2.24, 2.45) is 5.92 Å². The van der Waals surface area contributed by atoms with Crippen molar-refractivity contribution in [2.45, 2.75) is 69.9 Å². The van der Waals surface area contributed by atoms with Gasteiger partial charge in [-0.2, -0.15) is 0 Å². The van der Waals surface area contributed by atoms with E-state index in [0.29, 0.717) is 13.0 Å². The Morgan fingerprint density at radius 1 is 1.39 bits per heavy atom. The minimum atomic E-state index is -1.05. The van der Waals surface area contributed by atoms with Gasteiger partial charge in [0.05, 0.1) is 5.92 Å². The van der Waals surface area contributed by atoms with Crippen molar-refractivity contribution >= 4 is 11.9 Å². The molecule has 7 heteroatoms. The molecule has 0 saturated carbocycles. The molecule has 0 aromatic rings. The SMILES string of the molecule is C=C(C)C(=O)OC1CC2(C)OC2C2(OCC)C=C(C)C(O2)C2OC(=O)C(=C)C12. The maximum absolute atomic E-state index is 12.4. The number of fused-ring (bicyclic) bond motifs is 6. The number of esters is 2. The molecule has 4 rings (SSSR count). The highest BCUT2D eigenvalue weighted by atomic mass is 16.8. The van der Waals surface area contributed by atoms with Crippen LogP contribution in [0.3, 0.4) is 0 Å². The van der Waals surface area contributed by atoms with Gasteiger partial charge in [0.2, 0.25) is 5.79 Å². The highest BCUT2D eigenvalue weighted by Gasteiger charge is 2.70. The summed E-state index contributed by atoms with van der Waals surface area (Å²) in [6.45, 7) is 15.3. The average Bonchev–Trinajstić information content (AvgIpc) is 3.03. The van der Waals surface area contributed by atoms with Gasteiger partial charge in [-0.25, -0.2) is 9.59 Å². The molecule has 4 heterocycles. The second-order valence-corrected chi connectivity index (χ2v) is 8.24. The molecule has 7 unspecified atom stereocenters. The van der Waals surface area contributed by atoms with Gasteiger partial charge in [-0.05, 0) is 39.3 Å². The van der Waals surface area contributed by atoms with Crippen LogP contribution in [0.15, 0.2) is 36.0 Å². The Bertz CT molecular complexity index is 799. The van der Waals surface area contributed by atoms with E-state index in [1.54, 1.807) is 6.92 Å². The quantitative estimate of drug-likeness (QED) is 0.315. The van der Waals surface area contributed by atoms with Crippen LogP contribution in [-0.2, 0) is 33.3 Å². The van der Waals surface area contributed by atoms with Crippen molar-refractivity contribution in [3.8, 4) is 0 Å². The molecule has 0 aromatic heterocycles. The second-order valence-electron chi connectivity index (χ2n) is 8.24. The van der Waals surface area contributed by atoms with Gasteiger partial charge in [-0.1, -0.05) is 13.2 Å². The lowest BCUT2D eigenvalue weighted by molar-refractivity contribution is -0.233. The molecule has 2 bridgehead atoms. The summed E-state index contributed by atoms with van der Waals surface area (Å²) in [6, 6.07) is 0. The van der Waals surface area contributed by atoms with Crippen molar-refractivity contribution < 1.29 is 33.3 Å². The van der Waals surface area contributed by atoms with Crippen LogP contribution >= 0.6 is 0 Å². The average molecular weight is 390 g/mol. The zero-order valence-electron chi connectivity index (χ0n) is 16.7. The third-order valence-electron chi connectivity index (χ3n) is 5.98. The largest absolute Gasteiger partial charge is 0.458 e. The molecule has 28 heavy (non-hydrogen) atoms. The predicted octanol–water partition coefficient (Wildman–Crippen LogP) is 2.21. The van der Waals surface area contributed by atoms with Crippen molar-refractivity contribution in [3.05, 3.63) is 36.0 Å². The fourth-order valence-electron chi connectivity index (χ4n) is 4.64. The lowest BCUT2D eigenvalue weighted by atomic mass is 9.81. The van der Waals surface area contributed by atoms with Gasteiger partial charge in [-0.3, -0.25) is 0 Å². The summed E-state index contributed by atoms with van der Waals surface area (Å²) < 4.78 is 29.7. The molecular formula is C21H26O7. The highest BCUT2D eigenvalue weighted by molar-refractivity contribution is 5.91. The number of carbonyl (C=O) groups is 2. The number of ether oxygens (including phenoxy) is 5. The number of hydrogen-bond acceptors (Lipinski definition) is 7. The molecule has 0 radical (unpaired) electrons. The van der Waals surface area contributed by atoms with E-state index in [9.17, 15) is 9.59 Å². The van der Waals surface area contributed by atoms with Crippen molar-refractivity contribution in [1.82, 2.24) is 0 Å². The van der Waals surface area contributed by atoms with Gasteiger partial charge in [0.1, 0.15) is 30.0 Å². The molecule has 0 N–H and O–H groups in total. The van der Waals surface area contributed by atoms with Crippen LogP contribution in [0.4, 0.5) is 0 Å². The smallest absolute Gasteiger partial charge is 0.334 e. The van der Waals surface area contributed by atoms with E-state index in [2.05, 4.69) is 13.2 Å². The van der Waals surface area contributed by atoms with E-state index in [4.69, 9.17) is 23.7 Å². The van der Waals surface area contributed by atoms with E-state index in [-0.39, 0.29) is 17.3 Å². The zero-order chi connectivity index (χ0) is 20.4. The highest BCUT2D eigenvalue weighted by Crippen LogP contribution is 2.56. The van der Waals surface area contributed by atoms with Crippen molar-refractivity contribution in [1.29, 1.82) is 0 Å². The molecular weight excluding hydrogens is 364 g/mol. The lowest BCUT2D eigenvalue weighted by Gasteiger charge is -2.31. The first kappa shape index (κ1) is 19.4. The number of hydrogen-bond donors (Lipinski definition) is 0. The lowest BCUT2D eigenvalue weighted by Crippen LogP contribution is -2.44. The molecule has 3 fully saturated rings. The maximum Gasteiger partial charge on any atom is 0.334 e. The Morgan fingerprint density at radius 2 is 2.11 bits per heavy atom. The molecule has 0 amide bonds. The molecule has 7 nitrogen and oxygen atoms in total. The number of carbonyl (C=O) groups excluding carboxylic acids is 2. The first-order valence-electron chi connectivity index (χ1n) is 9.57. The van der Waals surface area contributed by atoms with Crippen LogP contribution in [0.5, 0.6) is 0 Å². The molecule has 3 saturated heterocycles. The zero-order valence-corrected chi connectivity index (χ0v) is 16.7. The normalized spacial score (nSPS) is 43.7. The first-order chi connectivity index (χ1) is 13.1. The van der Waals surface area contributed by atoms with Crippen LogP contribution in [0.2, 0.25) is 0 Å². The van der Waals surface area contributed by atoms with E-state index in [1.165, 1.54) is 0 Å². The molecule has 152 valence electrons. The van der Waals surface area contributed by atoms with Gasteiger partial charge in [0.25, 0.3) is 0 Å². The van der Waals surface area contributed by atoms with Gasteiger partial charge in [-0.15, -0.1) is 0 Å². The van der Waals surface area contributed by atoms with Crippen LogP contribution in [0.1, 0.15) is 34.1 Å². The third-order valence-corrected chi connectivity index (χ3v) is 5.98. The Labute approximate surface area is 164 Å². The van der Waals surface area contributed by atoms with Crippen LogP contribution in [0.25, 0.3) is 0 Å². The van der Waals surface area contributed by atoms with Gasteiger partial charge in [0, 0.05) is 24.2 Å². The van der Waals surface area contributed by atoms with Gasteiger partial charge in [0.15, 0.2) is 0 Å². The summed E-state index contributed by atoms with van der Waals surface area (Å²) in [5, 5.41) is 0. The fourth-order valence-corrected chi connectivity index (χ4v) is 4.64. The number of rotatable bonds is 4. The summed E-state index contributed by atoms with van der Waals surface area (Å²) in [4.78, 5) is 24.7. The van der Waals surface area contributed by atoms with Gasteiger partial charge >= 0.3 is 11.9 Å². The van der Waals surface area contributed by atoms with E-state index in [1.807, 2.05) is 26.8 Å². The molecule has 7 atom stereocenters. The summed E-state index contributed by atoms with van der Waals surface area (Å²) in [7, 11) is 0. The predicted molar refractivity (Wildman–Crippen MR) is 98.1 cm³/mol. The van der Waals surface area contributed by atoms with Crippen LogP contribution in [0, 0.1) is 5.92 Å². The summed E-state index contributed by atoms with van der Waals surface area (Å²) in [5.74, 6) is -2.61. The fraction of sp³-hybridized carbons (Fsp3) is 0.619. The Balaban J connectivity index is 1.77. The van der Waals surface area contributed by atoms with Crippen molar-refractivity contribution in [3.63, 3.8) is 0 Å². The summed E-state index contributed by atoms with van der Waals surface area (Å²) in [5.41, 5.74) is 0.806. The third kappa shape index (κ3) is 2.76. The van der Waals surface area contributed by atoms with Crippen LogP contribution in [-0.4, -0.2) is 54.3 Å². The molecule has 0 spiro atoms. The molecule has 0 aromatic carbocycles. The topological polar surface area (TPSA) is 83.6 Å². The minimum Gasteiger partial charge on any atom is -0.458 e. The standard InChI is InChI=1S/C21H26O7/c1-7-24-21-8-11(4)15(27-21)16-14(12(5)18(23)26-16)13(25-17(22)10(2)3)9-20(6)19(21)28-20/h8,13-16,19H,2,5,7,9H2,1,3-4,6H3. The Morgan fingerprint density at radius 3 is 2.75 bits per heavy atom. The Kier molecular flexibility index (Phi) is 4.34.